The molecule has 0 saturated carbocycles. The maximum Gasteiger partial charge on any atom is 0.326 e. The molecule has 0 spiro atoms. The number of rotatable bonds is 12. The number of methoxy groups -OCH3 is 1. The van der Waals surface area contributed by atoms with Gasteiger partial charge in [-0.3, -0.25) is 19.5 Å². The molecule has 12 heteroatoms. The number of hydrogen-bond acceptors (Lipinski definition) is 7. The Hall–Kier alpha value is -4.29. The largest absolute Gasteiger partial charge is 0.480 e. The van der Waals surface area contributed by atoms with Gasteiger partial charge in [-0.15, -0.1) is 0 Å². The summed E-state index contributed by atoms with van der Waals surface area (Å²) in [5.74, 6) is -1.49. The summed E-state index contributed by atoms with van der Waals surface area (Å²) in [4.78, 5) is 50.0. The van der Waals surface area contributed by atoms with Crippen LogP contribution >= 0.6 is 0 Å². The number of nitrogens with two attached hydrogens (primary N) is 2. The van der Waals surface area contributed by atoms with Gasteiger partial charge in [-0.2, -0.15) is 0 Å². The number of ether oxygens (including phenoxy) is 1. The van der Waals surface area contributed by atoms with Gasteiger partial charge in [0.1, 0.15) is 12.8 Å². The van der Waals surface area contributed by atoms with E-state index in [4.69, 9.17) is 16.3 Å². The summed E-state index contributed by atoms with van der Waals surface area (Å²) in [7, 11) is 5.13. The number of nitrogens with one attached hydrogen (secondary N) is 2. The van der Waals surface area contributed by atoms with E-state index < -0.39 is 12.0 Å². The molecule has 1 saturated heterocycles. The number of piperidine rings is 1. The molecule has 250 valence electrons. The van der Waals surface area contributed by atoms with Crippen LogP contribution < -0.4 is 22.1 Å². The summed E-state index contributed by atoms with van der Waals surface area (Å²) < 4.78 is 4.25. The fourth-order valence-electron chi connectivity index (χ4n) is 4.44. The zero-order chi connectivity index (χ0) is 34.0. The van der Waals surface area contributed by atoms with E-state index in [0.717, 1.165) is 31.4 Å². The molecule has 0 radical (unpaired) electrons. The maximum absolute atomic E-state index is 12.5. The van der Waals surface area contributed by atoms with Crippen molar-refractivity contribution in [3.63, 3.8) is 0 Å². The number of carbonyl (C=O) groups is 4. The molecular formula is C33H52N6O6. The number of anilines is 1. The maximum atomic E-state index is 12.5. The van der Waals surface area contributed by atoms with Crippen LogP contribution in [0.25, 0.3) is 0 Å². The smallest absolute Gasteiger partial charge is 0.326 e. The first-order valence-corrected chi connectivity index (χ1v) is 15.0. The van der Waals surface area contributed by atoms with Crippen LogP contribution in [0.3, 0.4) is 0 Å². The van der Waals surface area contributed by atoms with Gasteiger partial charge in [0.05, 0.1) is 6.04 Å². The second kappa shape index (κ2) is 25.1. The molecule has 3 rings (SSSR count). The number of likely N-dealkylation sites (tertiary alicyclic amines) is 1. The molecule has 2 unspecified atom stereocenters. The van der Waals surface area contributed by atoms with Crippen molar-refractivity contribution in [3.8, 4) is 0 Å². The molecule has 0 aliphatic carbocycles. The van der Waals surface area contributed by atoms with Crippen molar-refractivity contribution in [3.05, 3.63) is 65.7 Å². The highest BCUT2D eigenvalue weighted by Gasteiger charge is 2.29. The molecule has 12 nitrogen and oxygen atoms in total. The number of amides is 2. The van der Waals surface area contributed by atoms with Crippen molar-refractivity contribution in [1.29, 1.82) is 0 Å². The predicted molar refractivity (Wildman–Crippen MR) is 179 cm³/mol. The summed E-state index contributed by atoms with van der Waals surface area (Å²) in [6.45, 7) is 5.41. The van der Waals surface area contributed by atoms with Crippen molar-refractivity contribution < 1.29 is 29.0 Å². The molecule has 0 bridgehead atoms. The Labute approximate surface area is 267 Å². The Morgan fingerprint density at radius 2 is 1.67 bits per heavy atom. The van der Waals surface area contributed by atoms with Gasteiger partial charge in [0, 0.05) is 39.3 Å². The number of guanidine groups is 1. The Balaban J connectivity index is 0.00000115. The number of likely N-dealkylation sites (N-methyl/N-ethyl adjacent to an activating group) is 1. The molecule has 1 aliphatic heterocycles. The van der Waals surface area contributed by atoms with Crippen molar-refractivity contribution in [2.75, 3.05) is 39.7 Å². The summed E-state index contributed by atoms with van der Waals surface area (Å²) in [6, 6.07) is 16.2. The molecule has 2 aromatic carbocycles. The molecule has 1 fully saturated rings. The van der Waals surface area contributed by atoms with Crippen molar-refractivity contribution in [2.45, 2.75) is 70.4 Å². The highest BCUT2D eigenvalue weighted by molar-refractivity contribution is 5.90. The number of aliphatic imine (C=N–C) groups is 1. The van der Waals surface area contributed by atoms with Crippen LogP contribution in [0.4, 0.5) is 5.69 Å². The third-order valence-corrected chi connectivity index (χ3v) is 6.60. The van der Waals surface area contributed by atoms with Crippen LogP contribution in [-0.2, 0) is 36.8 Å². The van der Waals surface area contributed by atoms with Crippen molar-refractivity contribution in [1.82, 2.24) is 10.2 Å². The molecule has 1 aliphatic rings. The van der Waals surface area contributed by atoms with Crippen LogP contribution in [-0.4, -0.2) is 87.0 Å². The first-order chi connectivity index (χ1) is 21.6. The molecule has 2 aromatic rings. The molecule has 2 amide bonds. The SMILES string of the molecule is C=O.CCCc1ccccc1.CN1CCCCC1C(=O)NC(Cc1ccc(NC(=O)CCCN=C(N)N)cc1)C(=O)O.COC. The lowest BCUT2D eigenvalue weighted by Crippen LogP contribution is -2.52. The molecule has 45 heavy (non-hydrogen) atoms. The average molecular weight is 629 g/mol. The fourth-order valence-corrected chi connectivity index (χ4v) is 4.44. The van der Waals surface area contributed by atoms with E-state index in [9.17, 15) is 19.5 Å². The van der Waals surface area contributed by atoms with Crippen LogP contribution in [0.5, 0.6) is 0 Å². The van der Waals surface area contributed by atoms with Crippen LogP contribution in [0, 0.1) is 0 Å². The predicted octanol–water partition coefficient (Wildman–Crippen LogP) is 2.99. The normalized spacial score (nSPS) is 14.4. The second-order valence-electron chi connectivity index (χ2n) is 10.4. The van der Waals surface area contributed by atoms with E-state index in [0.29, 0.717) is 18.7 Å². The molecule has 7 N–H and O–H groups in total. The van der Waals surface area contributed by atoms with E-state index in [-0.39, 0.29) is 36.7 Å². The van der Waals surface area contributed by atoms with Gasteiger partial charge < -0.3 is 36.7 Å². The lowest BCUT2D eigenvalue weighted by atomic mass is 10.0. The van der Waals surface area contributed by atoms with Crippen LogP contribution in [0.2, 0.25) is 0 Å². The van der Waals surface area contributed by atoms with Gasteiger partial charge in [-0.25, -0.2) is 4.79 Å². The number of nitrogens with zero attached hydrogens (tertiary/aromatic N) is 2. The van der Waals surface area contributed by atoms with Gasteiger partial charge >= 0.3 is 5.97 Å². The van der Waals surface area contributed by atoms with Crippen LogP contribution in [0.15, 0.2) is 59.6 Å². The monoisotopic (exact) mass is 628 g/mol. The first kappa shape index (κ1) is 40.7. The highest BCUT2D eigenvalue weighted by atomic mass is 16.4. The van der Waals surface area contributed by atoms with Gasteiger partial charge in [-0.05, 0) is 62.5 Å². The second-order valence-corrected chi connectivity index (χ2v) is 10.4. The zero-order valence-electron chi connectivity index (χ0n) is 27.2. The molecular weight excluding hydrogens is 576 g/mol. The Bertz CT molecular complexity index is 1130. The summed E-state index contributed by atoms with van der Waals surface area (Å²) in [5, 5.41) is 15.0. The third kappa shape index (κ3) is 18.9. The first-order valence-electron chi connectivity index (χ1n) is 15.0. The van der Waals surface area contributed by atoms with Gasteiger partial charge in [0.25, 0.3) is 0 Å². The Morgan fingerprint density at radius 1 is 1.04 bits per heavy atom. The minimum Gasteiger partial charge on any atom is -0.480 e. The quantitative estimate of drug-likeness (QED) is 0.134. The van der Waals surface area contributed by atoms with E-state index in [1.54, 1.807) is 38.5 Å². The van der Waals surface area contributed by atoms with Crippen LogP contribution in [0.1, 0.15) is 56.6 Å². The van der Waals surface area contributed by atoms with E-state index in [1.165, 1.54) is 18.4 Å². The van der Waals surface area contributed by atoms with Gasteiger partial charge in [0.15, 0.2) is 5.96 Å². The van der Waals surface area contributed by atoms with Gasteiger partial charge in [-0.1, -0.05) is 62.2 Å². The highest BCUT2D eigenvalue weighted by Crippen LogP contribution is 2.16. The lowest BCUT2D eigenvalue weighted by molar-refractivity contribution is -0.142. The number of hydrogen-bond donors (Lipinski definition) is 5. The molecule has 1 heterocycles. The number of carboxylic acids is 1. The number of aryl methyl sites for hydroxylation is 1. The topological polar surface area (TPSA) is 189 Å². The Morgan fingerprint density at radius 3 is 2.20 bits per heavy atom. The number of carbonyl (C=O) groups excluding carboxylic acids is 3. The summed E-state index contributed by atoms with van der Waals surface area (Å²) >= 11 is 0. The molecule has 0 aromatic heterocycles. The molecule has 2 atom stereocenters. The number of aliphatic carboxylic acids is 1. The lowest BCUT2D eigenvalue weighted by Gasteiger charge is -2.32. The number of carboxylic acid groups (broad SMARTS) is 1. The summed E-state index contributed by atoms with van der Waals surface area (Å²) in [5.41, 5.74) is 13.3. The summed E-state index contributed by atoms with van der Waals surface area (Å²) in [6.07, 6.45) is 6.15. The van der Waals surface area contributed by atoms with E-state index >= 15 is 0 Å². The third-order valence-electron chi connectivity index (χ3n) is 6.60. The van der Waals surface area contributed by atoms with E-state index in [2.05, 4.69) is 57.6 Å². The average Bonchev–Trinajstić information content (AvgIpc) is 3.02. The Kier molecular flexibility index (Phi) is 22.7. The van der Waals surface area contributed by atoms with E-state index in [1.807, 2.05) is 18.7 Å². The van der Waals surface area contributed by atoms with Gasteiger partial charge in [0.2, 0.25) is 11.8 Å². The van der Waals surface area contributed by atoms with Crippen molar-refractivity contribution in [2.24, 2.45) is 16.5 Å². The minimum absolute atomic E-state index is 0.00221. The van der Waals surface area contributed by atoms with Crippen molar-refractivity contribution >= 4 is 36.2 Å². The zero-order valence-corrected chi connectivity index (χ0v) is 27.2. The fraction of sp³-hybridized carbons (Fsp3) is 0.485. The minimum atomic E-state index is -1.08. The number of benzene rings is 2. The standard InChI is InChI=1S/C21H32N6O4.C9H12.C2H6O.CH2O/c1-27-12-3-2-5-17(27)19(29)26-16(20(30)31)13-14-7-9-15(10-8-14)25-18(28)6-4-11-24-21(22)23;1-2-6-9-7-4-3-5-8-9;1-3-2;1-2/h7-10,16-17H,2-6,11-13H2,1H3,(H,25,28)(H,26,29)(H,30,31)(H4,22,23,24);3-5,7-8H,2,6H2,1H3;1-2H3;1H2.